The largest absolute Gasteiger partial charge is 0.491 e. The molecule has 4 heteroatoms. The van der Waals surface area contributed by atoms with Gasteiger partial charge in [-0.15, -0.1) is 0 Å². The molecule has 1 rings (SSSR count). The lowest BCUT2D eigenvalue weighted by Crippen LogP contribution is -2.22. The predicted molar refractivity (Wildman–Crippen MR) is 49.8 cm³/mol. The first-order chi connectivity index (χ1) is 6.72. The fourth-order valence-corrected chi connectivity index (χ4v) is 0.964. The van der Waals surface area contributed by atoms with Crippen LogP contribution in [0, 0.1) is 5.82 Å². The molecule has 1 aromatic rings. The third-order valence-electron chi connectivity index (χ3n) is 1.62. The predicted octanol–water partition coefficient (Wildman–Crippen LogP) is 1.21. The molecule has 0 amide bonds. The van der Waals surface area contributed by atoms with Crippen LogP contribution < -0.4 is 4.74 Å². The number of aliphatic hydroxyl groups is 1. The van der Waals surface area contributed by atoms with E-state index in [9.17, 15) is 9.50 Å². The van der Waals surface area contributed by atoms with Gasteiger partial charge in [-0.05, 0) is 24.3 Å². The standard InChI is InChI=1S/C10H13FO3/c1-13-6-9(12)7-14-10-4-2-8(11)3-5-10/h2-5,9,12H,6-7H2,1H3/t9-/m0/s1. The number of benzene rings is 1. The van der Waals surface area contributed by atoms with E-state index in [1.54, 1.807) is 0 Å². The summed E-state index contributed by atoms with van der Waals surface area (Å²) in [5.41, 5.74) is 0. The van der Waals surface area contributed by atoms with Gasteiger partial charge in [0.2, 0.25) is 0 Å². The summed E-state index contributed by atoms with van der Waals surface area (Å²) in [6, 6.07) is 5.62. The zero-order chi connectivity index (χ0) is 10.4. The molecule has 0 aliphatic carbocycles. The molecule has 0 unspecified atom stereocenters. The lowest BCUT2D eigenvalue weighted by Gasteiger charge is -2.10. The maximum absolute atomic E-state index is 12.5. The molecule has 1 N–H and O–H groups in total. The molecule has 0 heterocycles. The van der Waals surface area contributed by atoms with Gasteiger partial charge in [0.05, 0.1) is 6.61 Å². The highest BCUT2D eigenvalue weighted by molar-refractivity contribution is 5.21. The molecular weight excluding hydrogens is 187 g/mol. The van der Waals surface area contributed by atoms with Crippen molar-refractivity contribution in [3.8, 4) is 5.75 Å². The maximum Gasteiger partial charge on any atom is 0.123 e. The molecule has 0 spiro atoms. The Morgan fingerprint density at radius 2 is 1.93 bits per heavy atom. The van der Waals surface area contributed by atoms with Gasteiger partial charge in [0, 0.05) is 7.11 Å². The first kappa shape index (κ1) is 10.9. The lowest BCUT2D eigenvalue weighted by atomic mass is 10.3. The van der Waals surface area contributed by atoms with Gasteiger partial charge in [0.15, 0.2) is 0 Å². The van der Waals surface area contributed by atoms with E-state index < -0.39 is 6.10 Å². The molecule has 0 fully saturated rings. The summed E-state index contributed by atoms with van der Waals surface area (Å²) in [7, 11) is 1.50. The fourth-order valence-electron chi connectivity index (χ4n) is 0.964. The minimum absolute atomic E-state index is 0.138. The molecule has 0 saturated heterocycles. The quantitative estimate of drug-likeness (QED) is 0.776. The van der Waals surface area contributed by atoms with Crippen LogP contribution >= 0.6 is 0 Å². The molecule has 1 aromatic carbocycles. The molecule has 0 aliphatic heterocycles. The van der Waals surface area contributed by atoms with Crippen molar-refractivity contribution < 1.29 is 19.0 Å². The van der Waals surface area contributed by atoms with Gasteiger partial charge in [-0.1, -0.05) is 0 Å². The summed E-state index contributed by atoms with van der Waals surface area (Å²) in [6.07, 6.45) is -0.662. The van der Waals surface area contributed by atoms with Crippen LogP contribution in [0.25, 0.3) is 0 Å². The Labute approximate surface area is 82.1 Å². The third-order valence-corrected chi connectivity index (χ3v) is 1.62. The van der Waals surface area contributed by atoms with E-state index in [1.807, 2.05) is 0 Å². The van der Waals surface area contributed by atoms with E-state index in [-0.39, 0.29) is 19.0 Å². The van der Waals surface area contributed by atoms with Crippen molar-refractivity contribution in [2.24, 2.45) is 0 Å². The molecule has 14 heavy (non-hydrogen) atoms. The molecule has 0 aromatic heterocycles. The maximum atomic E-state index is 12.5. The summed E-state index contributed by atoms with van der Waals surface area (Å²) < 4.78 is 22.4. The Morgan fingerprint density at radius 3 is 2.50 bits per heavy atom. The van der Waals surface area contributed by atoms with Gasteiger partial charge in [0.25, 0.3) is 0 Å². The van der Waals surface area contributed by atoms with Crippen molar-refractivity contribution >= 4 is 0 Å². The SMILES string of the molecule is COC[C@H](O)COc1ccc(F)cc1. The van der Waals surface area contributed by atoms with Gasteiger partial charge in [-0.25, -0.2) is 4.39 Å². The molecule has 0 saturated carbocycles. The van der Waals surface area contributed by atoms with E-state index in [4.69, 9.17) is 9.47 Å². The first-order valence-corrected chi connectivity index (χ1v) is 4.27. The van der Waals surface area contributed by atoms with E-state index in [1.165, 1.54) is 31.4 Å². The van der Waals surface area contributed by atoms with Crippen molar-refractivity contribution in [3.63, 3.8) is 0 Å². The number of halogens is 1. The third kappa shape index (κ3) is 3.72. The average Bonchev–Trinajstić information content (AvgIpc) is 2.17. The van der Waals surface area contributed by atoms with Crippen molar-refractivity contribution in [2.75, 3.05) is 20.3 Å². The van der Waals surface area contributed by atoms with Crippen LogP contribution in [0.1, 0.15) is 0 Å². The second-order valence-corrected chi connectivity index (χ2v) is 2.87. The van der Waals surface area contributed by atoms with E-state index in [0.717, 1.165) is 0 Å². The van der Waals surface area contributed by atoms with E-state index in [2.05, 4.69) is 0 Å². The minimum Gasteiger partial charge on any atom is -0.491 e. The molecule has 0 aliphatic rings. The fraction of sp³-hybridized carbons (Fsp3) is 0.400. The van der Waals surface area contributed by atoms with Crippen molar-refractivity contribution in [1.29, 1.82) is 0 Å². The van der Waals surface area contributed by atoms with Crippen molar-refractivity contribution in [1.82, 2.24) is 0 Å². The highest BCUT2D eigenvalue weighted by Crippen LogP contribution is 2.11. The highest BCUT2D eigenvalue weighted by Gasteiger charge is 2.03. The Hall–Kier alpha value is -1.13. The molecule has 1 atom stereocenters. The number of rotatable bonds is 5. The van der Waals surface area contributed by atoms with Crippen LogP contribution in [0.3, 0.4) is 0 Å². The monoisotopic (exact) mass is 200 g/mol. The number of hydrogen-bond acceptors (Lipinski definition) is 3. The molecule has 3 nitrogen and oxygen atoms in total. The Bertz CT molecular complexity index is 261. The summed E-state index contributed by atoms with van der Waals surface area (Å²) in [6.45, 7) is 0.362. The van der Waals surface area contributed by atoms with Gasteiger partial charge in [0.1, 0.15) is 24.3 Å². The Morgan fingerprint density at radius 1 is 1.29 bits per heavy atom. The van der Waals surface area contributed by atoms with E-state index >= 15 is 0 Å². The summed E-state index contributed by atoms with van der Waals surface area (Å²) in [4.78, 5) is 0. The van der Waals surface area contributed by atoms with Crippen LogP contribution in [0.4, 0.5) is 4.39 Å². The van der Waals surface area contributed by atoms with Gasteiger partial charge in [-0.2, -0.15) is 0 Å². The number of aliphatic hydroxyl groups excluding tert-OH is 1. The lowest BCUT2D eigenvalue weighted by molar-refractivity contribution is 0.0325. The zero-order valence-electron chi connectivity index (χ0n) is 7.94. The van der Waals surface area contributed by atoms with Crippen molar-refractivity contribution in [3.05, 3.63) is 30.1 Å². The molecular formula is C10H13FO3. The van der Waals surface area contributed by atoms with Gasteiger partial charge in [-0.3, -0.25) is 0 Å². The summed E-state index contributed by atoms with van der Waals surface area (Å²) in [5, 5.41) is 9.24. The second-order valence-electron chi connectivity index (χ2n) is 2.87. The molecule has 0 bridgehead atoms. The van der Waals surface area contributed by atoms with Crippen LogP contribution in [0.2, 0.25) is 0 Å². The highest BCUT2D eigenvalue weighted by atomic mass is 19.1. The van der Waals surface area contributed by atoms with Crippen LogP contribution in [-0.4, -0.2) is 31.5 Å². The number of methoxy groups -OCH3 is 1. The normalized spacial score (nSPS) is 12.5. The topological polar surface area (TPSA) is 38.7 Å². The van der Waals surface area contributed by atoms with Crippen LogP contribution in [0.15, 0.2) is 24.3 Å². The Kier molecular flexibility index (Phi) is 4.35. The summed E-state index contributed by atoms with van der Waals surface area (Å²) >= 11 is 0. The first-order valence-electron chi connectivity index (χ1n) is 4.27. The average molecular weight is 200 g/mol. The Balaban J connectivity index is 2.34. The van der Waals surface area contributed by atoms with Gasteiger partial charge >= 0.3 is 0 Å². The molecule has 78 valence electrons. The van der Waals surface area contributed by atoms with E-state index in [0.29, 0.717) is 5.75 Å². The smallest absolute Gasteiger partial charge is 0.123 e. The number of hydrogen-bond donors (Lipinski definition) is 1. The zero-order valence-corrected chi connectivity index (χ0v) is 7.94. The van der Waals surface area contributed by atoms with Crippen molar-refractivity contribution in [2.45, 2.75) is 6.10 Å². The summed E-state index contributed by atoms with van der Waals surface area (Å²) in [5.74, 6) is 0.219. The van der Waals surface area contributed by atoms with Crippen LogP contribution in [0.5, 0.6) is 5.75 Å². The number of ether oxygens (including phenoxy) is 2. The second kappa shape index (κ2) is 5.57. The van der Waals surface area contributed by atoms with Gasteiger partial charge < -0.3 is 14.6 Å². The van der Waals surface area contributed by atoms with Crippen LogP contribution in [-0.2, 0) is 4.74 Å². The minimum atomic E-state index is -0.662. The molecule has 0 radical (unpaired) electrons.